The summed E-state index contributed by atoms with van der Waals surface area (Å²) in [4.78, 5) is 18.7. The number of amides is 1. The summed E-state index contributed by atoms with van der Waals surface area (Å²) in [7, 11) is 3.80. The Labute approximate surface area is 143 Å². The molecule has 0 saturated heterocycles. The third-order valence-corrected chi connectivity index (χ3v) is 4.28. The van der Waals surface area contributed by atoms with Gasteiger partial charge in [-0.2, -0.15) is 0 Å². The summed E-state index contributed by atoms with van der Waals surface area (Å²) in [5, 5.41) is 3.10. The highest BCUT2D eigenvalue weighted by atomic mass is 79.9. The van der Waals surface area contributed by atoms with Crippen LogP contribution in [0.1, 0.15) is 28.4 Å². The van der Waals surface area contributed by atoms with E-state index in [-0.39, 0.29) is 11.9 Å². The zero-order valence-electron chi connectivity index (χ0n) is 13.0. The molecule has 23 heavy (non-hydrogen) atoms. The van der Waals surface area contributed by atoms with Crippen LogP contribution in [0.2, 0.25) is 0 Å². The largest absolute Gasteiger partial charge is 0.493 e. The third kappa shape index (κ3) is 3.47. The van der Waals surface area contributed by atoms with Gasteiger partial charge in [-0.3, -0.25) is 4.79 Å². The normalized spacial score (nSPS) is 16.2. The molecule has 120 valence electrons. The first-order chi connectivity index (χ1) is 11.0. The Morgan fingerprint density at radius 2 is 2.17 bits per heavy atom. The Hall–Kier alpha value is -2.08. The van der Waals surface area contributed by atoms with E-state index < -0.39 is 0 Å². The molecular formula is C17H18BrN3O2. The van der Waals surface area contributed by atoms with Gasteiger partial charge in [0.25, 0.3) is 5.91 Å². The van der Waals surface area contributed by atoms with Crippen LogP contribution in [0, 0.1) is 0 Å². The summed E-state index contributed by atoms with van der Waals surface area (Å²) in [6.07, 6.45) is 2.40. The maximum absolute atomic E-state index is 12.6. The van der Waals surface area contributed by atoms with Crippen molar-refractivity contribution in [3.05, 3.63) is 52.1 Å². The Bertz CT molecular complexity index is 734. The van der Waals surface area contributed by atoms with E-state index in [2.05, 4.69) is 26.2 Å². The van der Waals surface area contributed by atoms with Gasteiger partial charge in [-0.1, -0.05) is 15.9 Å². The Morgan fingerprint density at radius 1 is 1.35 bits per heavy atom. The molecule has 1 aliphatic rings. The van der Waals surface area contributed by atoms with E-state index in [1.165, 1.54) is 0 Å². The minimum atomic E-state index is -0.103. The predicted octanol–water partition coefficient (Wildman–Crippen LogP) is 3.16. The first-order valence-corrected chi connectivity index (χ1v) is 8.20. The number of hydrogen-bond acceptors (Lipinski definition) is 4. The number of carbonyl (C=O) groups excluding carboxylic acids is 1. The molecule has 3 rings (SSSR count). The molecule has 0 aliphatic carbocycles. The van der Waals surface area contributed by atoms with Crippen LogP contribution in [0.15, 0.2) is 41.0 Å². The van der Waals surface area contributed by atoms with Crippen molar-refractivity contribution in [1.82, 2.24) is 10.3 Å². The SMILES string of the molecule is CN(C)c1cc(C(=O)NC2CCOc3ccc(Br)cc32)ccn1. The summed E-state index contributed by atoms with van der Waals surface area (Å²) >= 11 is 3.47. The molecule has 2 aromatic rings. The quantitative estimate of drug-likeness (QED) is 0.894. The number of ether oxygens (including phenoxy) is 1. The number of pyridine rings is 1. The monoisotopic (exact) mass is 375 g/mol. The standard InChI is InChI=1S/C17H18BrN3O2/c1-21(2)16-9-11(5-7-19-16)17(22)20-14-6-8-23-15-4-3-12(18)10-13(14)15/h3-5,7,9-10,14H,6,8H2,1-2H3,(H,20,22). The average molecular weight is 376 g/mol. The lowest BCUT2D eigenvalue weighted by atomic mass is 10.00. The molecule has 2 heterocycles. The molecule has 6 heteroatoms. The van der Waals surface area contributed by atoms with E-state index in [0.717, 1.165) is 28.0 Å². The van der Waals surface area contributed by atoms with Crippen LogP contribution in [0.25, 0.3) is 0 Å². The van der Waals surface area contributed by atoms with Crippen molar-refractivity contribution >= 4 is 27.7 Å². The minimum Gasteiger partial charge on any atom is -0.493 e. The first-order valence-electron chi connectivity index (χ1n) is 7.41. The van der Waals surface area contributed by atoms with Crippen molar-refractivity contribution in [3.8, 4) is 5.75 Å². The first kappa shape index (κ1) is 15.8. The number of aromatic nitrogens is 1. The summed E-state index contributed by atoms with van der Waals surface area (Å²) in [5.74, 6) is 1.48. The Kier molecular flexibility index (Phi) is 4.52. The van der Waals surface area contributed by atoms with E-state index in [0.29, 0.717) is 12.2 Å². The second-order valence-corrected chi connectivity index (χ2v) is 6.56. The molecule has 1 amide bonds. The van der Waals surface area contributed by atoms with Crippen molar-refractivity contribution in [1.29, 1.82) is 0 Å². The topological polar surface area (TPSA) is 54.5 Å². The van der Waals surface area contributed by atoms with E-state index in [4.69, 9.17) is 4.74 Å². The fourth-order valence-corrected chi connectivity index (χ4v) is 2.94. The number of benzene rings is 1. The molecule has 0 radical (unpaired) electrons. The van der Waals surface area contributed by atoms with Crippen molar-refractivity contribution in [2.45, 2.75) is 12.5 Å². The van der Waals surface area contributed by atoms with Gasteiger partial charge < -0.3 is 15.0 Å². The van der Waals surface area contributed by atoms with Crippen LogP contribution < -0.4 is 15.0 Å². The third-order valence-electron chi connectivity index (χ3n) is 3.78. The highest BCUT2D eigenvalue weighted by Gasteiger charge is 2.24. The molecule has 1 atom stereocenters. The molecule has 5 nitrogen and oxygen atoms in total. The van der Waals surface area contributed by atoms with Crippen molar-refractivity contribution in [3.63, 3.8) is 0 Å². The summed E-state index contributed by atoms with van der Waals surface area (Å²) in [6.45, 7) is 0.596. The molecule has 1 unspecified atom stereocenters. The van der Waals surface area contributed by atoms with Gasteiger partial charge in [-0.15, -0.1) is 0 Å². The van der Waals surface area contributed by atoms with E-state index in [1.807, 2.05) is 37.2 Å². The summed E-state index contributed by atoms with van der Waals surface area (Å²) in [6, 6.07) is 9.32. The lowest BCUT2D eigenvalue weighted by Gasteiger charge is -2.27. The second kappa shape index (κ2) is 6.58. The lowest BCUT2D eigenvalue weighted by molar-refractivity contribution is 0.0924. The van der Waals surface area contributed by atoms with E-state index in [1.54, 1.807) is 18.3 Å². The minimum absolute atomic E-state index is 0.0558. The number of nitrogens with zero attached hydrogens (tertiary/aromatic N) is 2. The number of hydrogen-bond donors (Lipinski definition) is 1. The maximum Gasteiger partial charge on any atom is 0.251 e. The van der Waals surface area contributed by atoms with Crippen LogP contribution in [-0.2, 0) is 0 Å². The Morgan fingerprint density at radius 3 is 2.96 bits per heavy atom. The van der Waals surface area contributed by atoms with Crippen LogP contribution in [0.3, 0.4) is 0 Å². The van der Waals surface area contributed by atoms with Crippen LogP contribution in [-0.4, -0.2) is 31.6 Å². The molecule has 1 aromatic carbocycles. The number of anilines is 1. The van der Waals surface area contributed by atoms with Crippen molar-refractivity contribution in [2.75, 3.05) is 25.6 Å². The van der Waals surface area contributed by atoms with Gasteiger partial charge in [0.05, 0.1) is 12.6 Å². The van der Waals surface area contributed by atoms with Crippen LogP contribution in [0.5, 0.6) is 5.75 Å². The lowest BCUT2D eigenvalue weighted by Crippen LogP contribution is -2.32. The summed E-state index contributed by atoms with van der Waals surface area (Å²) in [5.41, 5.74) is 1.60. The van der Waals surface area contributed by atoms with Gasteiger partial charge in [0.2, 0.25) is 0 Å². The number of fused-ring (bicyclic) bond motifs is 1. The molecule has 0 fully saturated rings. The molecule has 1 aliphatic heterocycles. The van der Waals surface area contributed by atoms with Gasteiger partial charge >= 0.3 is 0 Å². The second-order valence-electron chi connectivity index (χ2n) is 5.64. The molecule has 0 saturated carbocycles. The molecular weight excluding hydrogens is 358 g/mol. The van der Waals surface area contributed by atoms with Gasteiger partial charge in [-0.25, -0.2) is 4.98 Å². The van der Waals surface area contributed by atoms with Gasteiger partial charge in [0, 0.05) is 42.3 Å². The number of carbonyl (C=O) groups is 1. The van der Waals surface area contributed by atoms with Gasteiger partial charge in [0.15, 0.2) is 0 Å². The average Bonchev–Trinajstić information content (AvgIpc) is 2.55. The maximum atomic E-state index is 12.6. The highest BCUT2D eigenvalue weighted by Crippen LogP contribution is 2.34. The fourth-order valence-electron chi connectivity index (χ4n) is 2.56. The van der Waals surface area contributed by atoms with Crippen molar-refractivity contribution in [2.24, 2.45) is 0 Å². The molecule has 0 bridgehead atoms. The smallest absolute Gasteiger partial charge is 0.251 e. The summed E-state index contributed by atoms with van der Waals surface area (Å²) < 4.78 is 6.63. The van der Waals surface area contributed by atoms with Gasteiger partial charge in [0.1, 0.15) is 11.6 Å². The van der Waals surface area contributed by atoms with Crippen LogP contribution in [0.4, 0.5) is 5.82 Å². The fraction of sp³-hybridized carbons (Fsp3) is 0.294. The molecule has 0 spiro atoms. The zero-order valence-corrected chi connectivity index (χ0v) is 14.6. The number of halogens is 1. The number of nitrogens with one attached hydrogen (secondary N) is 1. The van der Waals surface area contributed by atoms with Crippen LogP contribution >= 0.6 is 15.9 Å². The van der Waals surface area contributed by atoms with E-state index >= 15 is 0 Å². The Balaban J connectivity index is 1.82. The van der Waals surface area contributed by atoms with Crippen molar-refractivity contribution < 1.29 is 9.53 Å². The van der Waals surface area contributed by atoms with E-state index in [9.17, 15) is 4.79 Å². The zero-order chi connectivity index (χ0) is 16.4. The predicted molar refractivity (Wildman–Crippen MR) is 93.0 cm³/mol. The molecule has 1 N–H and O–H groups in total. The molecule has 1 aromatic heterocycles. The highest BCUT2D eigenvalue weighted by molar-refractivity contribution is 9.10. The van der Waals surface area contributed by atoms with Gasteiger partial charge in [-0.05, 0) is 30.3 Å². The number of rotatable bonds is 3.